The zero-order valence-corrected chi connectivity index (χ0v) is 16.8. The van der Waals surface area contributed by atoms with Crippen molar-refractivity contribution < 1.29 is 23.9 Å². The lowest BCUT2D eigenvalue weighted by Gasteiger charge is -2.33. The number of benzene rings is 1. The minimum absolute atomic E-state index is 0.373. The maximum Gasteiger partial charge on any atom is 0.326 e. The smallest absolute Gasteiger partial charge is 0.326 e. The SMILES string of the molecule is CCN(C(=O)COC(=O)CN1C(=O)NC2(CCC(C)CC2)C1=O)c1ccccc1. The van der Waals surface area contributed by atoms with Crippen LogP contribution in [0.25, 0.3) is 0 Å². The third kappa shape index (κ3) is 4.41. The van der Waals surface area contributed by atoms with Crippen LogP contribution < -0.4 is 10.2 Å². The Balaban J connectivity index is 1.55. The van der Waals surface area contributed by atoms with E-state index in [1.807, 2.05) is 25.1 Å². The van der Waals surface area contributed by atoms with Gasteiger partial charge in [0.25, 0.3) is 11.8 Å². The van der Waals surface area contributed by atoms with Crippen molar-refractivity contribution >= 4 is 29.5 Å². The Kier molecular flexibility index (Phi) is 6.20. The summed E-state index contributed by atoms with van der Waals surface area (Å²) < 4.78 is 5.06. The fraction of sp³-hybridized carbons (Fsp3) is 0.524. The van der Waals surface area contributed by atoms with Gasteiger partial charge in [0.1, 0.15) is 12.1 Å². The minimum Gasteiger partial charge on any atom is -0.454 e. The first-order valence-corrected chi connectivity index (χ1v) is 10.0. The number of hydrogen-bond donors (Lipinski definition) is 1. The lowest BCUT2D eigenvalue weighted by molar-refractivity contribution is -0.150. The first-order chi connectivity index (χ1) is 13.9. The minimum atomic E-state index is -0.897. The summed E-state index contributed by atoms with van der Waals surface area (Å²) in [6, 6.07) is 8.49. The fourth-order valence-electron chi connectivity index (χ4n) is 3.92. The molecule has 1 saturated heterocycles. The van der Waals surface area contributed by atoms with Crippen molar-refractivity contribution in [2.75, 3.05) is 24.6 Å². The van der Waals surface area contributed by atoms with Crippen LogP contribution in [-0.2, 0) is 19.1 Å². The Hall–Kier alpha value is -2.90. The molecular formula is C21H27N3O5. The summed E-state index contributed by atoms with van der Waals surface area (Å²) in [6.07, 6.45) is 2.85. The molecule has 8 nitrogen and oxygen atoms in total. The molecule has 1 heterocycles. The quantitative estimate of drug-likeness (QED) is 0.582. The molecule has 29 heavy (non-hydrogen) atoms. The molecule has 0 atom stereocenters. The second-order valence-electron chi connectivity index (χ2n) is 7.72. The summed E-state index contributed by atoms with van der Waals surface area (Å²) in [7, 11) is 0. The number of carbonyl (C=O) groups excluding carboxylic acids is 4. The Morgan fingerprint density at radius 1 is 1.21 bits per heavy atom. The van der Waals surface area contributed by atoms with E-state index in [0.29, 0.717) is 31.0 Å². The molecule has 0 radical (unpaired) electrons. The highest BCUT2D eigenvalue weighted by molar-refractivity contribution is 6.08. The second-order valence-corrected chi connectivity index (χ2v) is 7.72. The maximum atomic E-state index is 12.8. The number of urea groups is 1. The van der Waals surface area contributed by atoms with Crippen LogP contribution in [0.1, 0.15) is 39.5 Å². The zero-order valence-electron chi connectivity index (χ0n) is 16.8. The predicted molar refractivity (Wildman–Crippen MR) is 106 cm³/mol. The van der Waals surface area contributed by atoms with E-state index in [1.54, 1.807) is 12.1 Å². The van der Waals surface area contributed by atoms with Crippen molar-refractivity contribution in [1.29, 1.82) is 0 Å². The van der Waals surface area contributed by atoms with Crippen LogP contribution in [0.5, 0.6) is 0 Å². The van der Waals surface area contributed by atoms with Gasteiger partial charge in [-0.1, -0.05) is 25.1 Å². The first kappa shape index (κ1) is 20.8. The van der Waals surface area contributed by atoms with Crippen LogP contribution in [0.2, 0.25) is 0 Å². The van der Waals surface area contributed by atoms with E-state index < -0.39 is 30.7 Å². The molecule has 1 spiro atoms. The van der Waals surface area contributed by atoms with Gasteiger partial charge in [0.15, 0.2) is 6.61 Å². The van der Waals surface area contributed by atoms with Crippen molar-refractivity contribution in [2.24, 2.45) is 5.92 Å². The maximum absolute atomic E-state index is 12.8. The summed E-state index contributed by atoms with van der Waals surface area (Å²) in [4.78, 5) is 52.0. The van der Waals surface area contributed by atoms with Gasteiger partial charge in [0.2, 0.25) is 0 Å². The Labute approximate surface area is 170 Å². The molecule has 1 aromatic rings. The number of rotatable bonds is 6. The van der Waals surface area contributed by atoms with Crippen LogP contribution in [0, 0.1) is 5.92 Å². The molecule has 2 fully saturated rings. The first-order valence-electron chi connectivity index (χ1n) is 10.0. The summed E-state index contributed by atoms with van der Waals surface area (Å²) in [5.41, 5.74) is -0.190. The monoisotopic (exact) mass is 401 g/mol. The van der Waals surface area contributed by atoms with Gasteiger partial charge in [-0.15, -0.1) is 0 Å². The number of nitrogens with zero attached hydrogens (tertiary/aromatic N) is 2. The lowest BCUT2D eigenvalue weighted by Crippen LogP contribution is -2.49. The van der Waals surface area contributed by atoms with Gasteiger partial charge >= 0.3 is 12.0 Å². The Morgan fingerprint density at radius 2 is 1.86 bits per heavy atom. The number of amides is 4. The molecular weight excluding hydrogens is 374 g/mol. The molecule has 0 aromatic heterocycles. The molecule has 0 bridgehead atoms. The number of para-hydroxylation sites is 1. The van der Waals surface area contributed by atoms with Crippen molar-refractivity contribution in [3.05, 3.63) is 30.3 Å². The number of esters is 1. The Bertz CT molecular complexity index is 787. The van der Waals surface area contributed by atoms with E-state index in [9.17, 15) is 19.2 Å². The number of hydrogen-bond acceptors (Lipinski definition) is 5. The molecule has 1 aliphatic heterocycles. The van der Waals surface area contributed by atoms with Gasteiger partial charge in [-0.25, -0.2) is 4.79 Å². The Morgan fingerprint density at radius 3 is 2.48 bits per heavy atom. The summed E-state index contributed by atoms with van der Waals surface area (Å²) in [5.74, 6) is -1.02. The van der Waals surface area contributed by atoms with E-state index in [0.717, 1.165) is 17.7 Å². The summed E-state index contributed by atoms with van der Waals surface area (Å²) >= 11 is 0. The van der Waals surface area contributed by atoms with E-state index in [4.69, 9.17) is 4.74 Å². The number of ether oxygens (including phenoxy) is 1. The third-order valence-electron chi connectivity index (χ3n) is 5.70. The molecule has 1 aromatic carbocycles. The predicted octanol–water partition coefficient (Wildman–Crippen LogP) is 2.08. The van der Waals surface area contributed by atoms with Crippen LogP contribution in [0.3, 0.4) is 0 Å². The molecule has 156 valence electrons. The van der Waals surface area contributed by atoms with Crippen molar-refractivity contribution in [3.8, 4) is 0 Å². The third-order valence-corrected chi connectivity index (χ3v) is 5.70. The van der Waals surface area contributed by atoms with Crippen molar-refractivity contribution in [2.45, 2.75) is 45.1 Å². The van der Waals surface area contributed by atoms with Gasteiger partial charge in [0, 0.05) is 12.2 Å². The molecule has 8 heteroatoms. The number of carbonyl (C=O) groups is 4. The fourth-order valence-corrected chi connectivity index (χ4v) is 3.92. The molecule has 1 N–H and O–H groups in total. The topological polar surface area (TPSA) is 96.0 Å². The molecule has 0 unspecified atom stereocenters. The number of anilines is 1. The number of imide groups is 1. The van der Waals surface area contributed by atoms with Crippen LogP contribution in [0.4, 0.5) is 10.5 Å². The normalized spacial score (nSPS) is 23.8. The van der Waals surface area contributed by atoms with Crippen LogP contribution >= 0.6 is 0 Å². The van der Waals surface area contributed by atoms with E-state index in [-0.39, 0.29) is 11.8 Å². The standard InChI is InChI=1S/C21H27N3O5/c1-3-23(16-7-5-4-6-8-16)17(25)14-29-18(26)13-24-19(27)21(22-20(24)28)11-9-15(2)10-12-21/h4-8,15H,3,9-14H2,1-2H3,(H,22,28). The van der Waals surface area contributed by atoms with E-state index in [2.05, 4.69) is 12.2 Å². The average Bonchev–Trinajstić information content (AvgIpc) is 2.94. The van der Waals surface area contributed by atoms with Gasteiger partial charge in [-0.05, 0) is 50.7 Å². The molecule has 1 aliphatic carbocycles. The second kappa shape index (κ2) is 8.63. The van der Waals surface area contributed by atoms with E-state index in [1.165, 1.54) is 4.90 Å². The van der Waals surface area contributed by atoms with Gasteiger partial charge in [-0.2, -0.15) is 0 Å². The molecule has 4 amide bonds. The molecule has 2 aliphatic rings. The van der Waals surface area contributed by atoms with Crippen molar-refractivity contribution in [3.63, 3.8) is 0 Å². The molecule has 3 rings (SSSR count). The lowest BCUT2D eigenvalue weighted by atomic mass is 9.77. The number of likely N-dealkylation sites (N-methyl/N-ethyl adjacent to an activating group) is 1. The molecule has 1 saturated carbocycles. The van der Waals surface area contributed by atoms with Gasteiger partial charge in [-0.3, -0.25) is 19.3 Å². The average molecular weight is 401 g/mol. The largest absolute Gasteiger partial charge is 0.454 e. The summed E-state index contributed by atoms with van der Waals surface area (Å²) in [5, 5.41) is 2.76. The van der Waals surface area contributed by atoms with E-state index >= 15 is 0 Å². The highest BCUT2D eigenvalue weighted by Crippen LogP contribution is 2.36. The highest BCUT2D eigenvalue weighted by Gasteiger charge is 2.52. The van der Waals surface area contributed by atoms with Crippen molar-refractivity contribution in [1.82, 2.24) is 10.2 Å². The van der Waals surface area contributed by atoms with Crippen LogP contribution in [-0.4, -0.2) is 54.0 Å². The van der Waals surface area contributed by atoms with Gasteiger partial charge in [0.05, 0.1) is 0 Å². The zero-order chi connectivity index (χ0) is 21.0. The summed E-state index contributed by atoms with van der Waals surface area (Å²) in [6.45, 7) is 3.43. The van der Waals surface area contributed by atoms with Crippen LogP contribution in [0.15, 0.2) is 30.3 Å². The highest BCUT2D eigenvalue weighted by atomic mass is 16.5. The van der Waals surface area contributed by atoms with Gasteiger partial charge < -0.3 is 15.0 Å². The number of nitrogens with one attached hydrogen (secondary N) is 1.